The normalized spacial score (nSPS) is 21.0. The summed E-state index contributed by atoms with van der Waals surface area (Å²) in [5.74, 6) is -0.324. The van der Waals surface area contributed by atoms with Gasteiger partial charge in [-0.05, 0) is 39.8 Å². The Kier molecular flexibility index (Phi) is 5.71. The molecule has 1 aromatic heterocycles. The maximum atomic E-state index is 12.5. The van der Waals surface area contributed by atoms with Gasteiger partial charge in [0.25, 0.3) is 11.1 Å². The first-order valence-electron chi connectivity index (χ1n) is 9.56. The Morgan fingerprint density at radius 2 is 1.79 bits per heavy atom. The van der Waals surface area contributed by atoms with Crippen molar-refractivity contribution in [3.8, 4) is 0 Å². The Labute approximate surface area is 163 Å². The van der Waals surface area contributed by atoms with E-state index in [1.54, 1.807) is 24.3 Å². The molecule has 1 fully saturated rings. The highest BCUT2D eigenvalue weighted by Gasteiger charge is 2.33. The highest BCUT2D eigenvalue weighted by molar-refractivity contribution is 5.81. The molecule has 0 saturated carbocycles. The summed E-state index contributed by atoms with van der Waals surface area (Å²) in [6.07, 6.45) is 0.278. The van der Waals surface area contributed by atoms with Crippen molar-refractivity contribution in [2.75, 3.05) is 19.6 Å². The van der Waals surface area contributed by atoms with Crippen LogP contribution in [0.15, 0.2) is 33.9 Å². The zero-order valence-electron chi connectivity index (χ0n) is 16.8. The number of nitrogens with zero attached hydrogens (tertiary/aromatic N) is 2. The number of rotatable bonds is 5. The van der Waals surface area contributed by atoms with Crippen LogP contribution in [0, 0.1) is 0 Å². The lowest BCUT2D eigenvalue weighted by Gasteiger charge is -2.45. The Morgan fingerprint density at radius 3 is 2.43 bits per heavy atom. The van der Waals surface area contributed by atoms with Crippen molar-refractivity contribution in [3.05, 3.63) is 45.0 Å². The minimum Gasteiger partial charge on any atom is -0.373 e. The molecule has 3 rings (SSSR count). The average Bonchev–Trinajstić information content (AvgIpc) is 2.63. The summed E-state index contributed by atoms with van der Waals surface area (Å²) in [7, 11) is 0. The lowest BCUT2D eigenvalue weighted by molar-refractivity contribution is -0.123. The van der Waals surface area contributed by atoms with Crippen LogP contribution in [0.1, 0.15) is 27.7 Å². The first-order valence-corrected chi connectivity index (χ1v) is 9.56. The molecule has 2 heterocycles. The van der Waals surface area contributed by atoms with Crippen molar-refractivity contribution in [1.29, 1.82) is 0 Å². The number of carbonyl (C=O) groups is 1. The van der Waals surface area contributed by atoms with Gasteiger partial charge in [-0.15, -0.1) is 0 Å². The summed E-state index contributed by atoms with van der Waals surface area (Å²) in [6, 6.07) is 6.57. The number of fused-ring (bicyclic) bond motifs is 1. The van der Waals surface area contributed by atoms with Gasteiger partial charge >= 0.3 is 0 Å². The topological polar surface area (TPSA) is 96.4 Å². The van der Waals surface area contributed by atoms with E-state index >= 15 is 0 Å². The Bertz CT molecular complexity index is 968. The van der Waals surface area contributed by atoms with Crippen LogP contribution >= 0.6 is 0 Å². The summed E-state index contributed by atoms with van der Waals surface area (Å²) >= 11 is 0. The van der Waals surface area contributed by atoms with Gasteiger partial charge in [-0.1, -0.05) is 12.1 Å². The van der Waals surface area contributed by atoms with E-state index in [9.17, 15) is 14.4 Å². The van der Waals surface area contributed by atoms with Gasteiger partial charge in [0.15, 0.2) is 0 Å². The van der Waals surface area contributed by atoms with E-state index < -0.39 is 0 Å². The molecule has 0 spiro atoms. The summed E-state index contributed by atoms with van der Waals surface area (Å²) in [6.45, 7) is 10.0. The van der Waals surface area contributed by atoms with Gasteiger partial charge in [0.2, 0.25) is 5.91 Å². The van der Waals surface area contributed by atoms with Gasteiger partial charge in [-0.3, -0.25) is 24.4 Å². The molecule has 2 aromatic rings. The van der Waals surface area contributed by atoms with Crippen LogP contribution in [0.5, 0.6) is 0 Å². The Balaban J connectivity index is 1.68. The standard InChI is InChI=1S/C20H28N4O4/c1-13-9-23(10-14(2)28-13)20(3,4)12-21-17(25)11-24-19(27)16-8-6-5-7-15(16)18(26)22-24/h5-8,13-14H,9-12H2,1-4H3,(H,21,25)(H,22,26). The van der Waals surface area contributed by atoms with E-state index in [2.05, 4.69) is 29.2 Å². The van der Waals surface area contributed by atoms with Gasteiger partial charge in [0.1, 0.15) is 6.54 Å². The third-order valence-electron chi connectivity index (χ3n) is 5.18. The number of ether oxygens (including phenoxy) is 1. The summed E-state index contributed by atoms with van der Waals surface area (Å²) in [5.41, 5.74) is -1.04. The van der Waals surface area contributed by atoms with E-state index in [4.69, 9.17) is 4.74 Å². The molecule has 2 atom stereocenters. The minimum absolute atomic E-state index is 0.139. The quantitative estimate of drug-likeness (QED) is 0.786. The summed E-state index contributed by atoms with van der Waals surface area (Å²) < 4.78 is 6.84. The van der Waals surface area contributed by atoms with Gasteiger partial charge < -0.3 is 10.1 Å². The monoisotopic (exact) mass is 388 g/mol. The third kappa shape index (κ3) is 4.34. The second-order valence-electron chi connectivity index (χ2n) is 8.13. The first-order chi connectivity index (χ1) is 13.2. The molecule has 0 radical (unpaired) electrons. The summed E-state index contributed by atoms with van der Waals surface area (Å²) in [5, 5.41) is 5.99. The number of amides is 1. The van der Waals surface area contributed by atoms with E-state index in [-0.39, 0.29) is 41.3 Å². The number of benzene rings is 1. The fourth-order valence-electron chi connectivity index (χ4n) is 3.66. The zero-order chi connectivity index (χ0) is 20.5. The van der Waals surface area contributed by atoms with Crippen molar-refractivity contribution in [2.45, 2.75) is 52.0 Å². The zero-order valence-corrected chi connectivity index (χ0v) is 16.8. The van der Waals surface area contributed by atoms with Crippen LogP contribution in [0.25, 0.3) is 10.8 Å². The average molecular weight is 388 g/mol. The molecular weight excluding hydrogens is 360 g/mol. The molecule has 152 valence electrons. The van der Waals surface area contributed by atoms with Crippen LogP contribution in [0.2, 0.25) is 0 Å². The van der Waals surface area contributed by atoms with Gasteiger partial charge in [-0.2, -0.15) is 0 Å². The highest BCUT2D eigenvalue weighted by atomic mass is 16.5. The Hall–Kier alpha value is -2.45. The summed E-state index contributed by atoms with van der Waals surface area (Å²) in [4.78, 5) is 39.4. The third-order valence-corrected chi connectivity index (χ3v) is 5.18. The van der Waals surface area contributed by atoms with Crippen molar-refractivity contribution in [2.24, 2.45) is 0 Å². The fraction of sp³-hybridized carbons (Fsp3) is 0.550. The number of nitrogens with one attached hydrogen (secondary N) is 2. The molecule has 1 aliphatic heterocycles. The van der Waals surface area contributed by atoms with Gasteiger partial charge in [0, 0.05) is 25.2 Å². The fourth-order valence-corrected chi connectivity index (χ4v) is 3.66. The molecule has 8 nitrogen and oxygen atoms in total. The highest BCUT2D eigenvalue weighted by Crippen LogP contribution is 2.20. The molecule has 2 N–H and O–H groups in total. The molecule has 1 amide bonds. The molecule has 1 saturated heterocycles. The van der Waals surface area contributed by atoms with E-state index in [0.29, 0.717) is 17.3 Å². The minimum atomic E-state index is -0.389. The Morgan fingerprint density at radius 1 is 1.18 bits per heavy atom. The predicted octanol–water partition coefficient (Wildman–Crippen LogP) is 0.694. The molecule has 2 unspecified atom stereocenters. The van der Waals surface area contributed by atoms with Crippen molar-refractivity contribution in [3.63, 3.8) is 0 Å². The van der Waals surface area contributed by atoms with Crippen LogP contribution in [0.3, 0.4) is 0 Å². The second-order valence-corrected chi connectivity index (χ2v) is 8.13. The number of aromatic amines is 1. The maximum absolute atomic E-state index is 12.5. The number of carbonyl (C=O) groups excluding carboxylic acids is 1. The number of hydrogen-bond donors (Lipinski definition) is 2. The lowest BCUT2D eigenvalue weighted by Crippen LogP contribution is -2.59. The second kappa shape index (κ2) is 7.89. The largest absolute Gasteiger partial charge is 0.373 e. The molecule has 0 bridgehead atoms. The first kappa shape index (κ1) is 20.3. The van der Waals surface area contributed by atoms with Crippen molar-refractivity contribution in [1.82, 2.24) is 20.0 Å². The van der Waals surface area contributed by atoms with Crippen LogP contribution < -0.4 is 16.4 Å². The van der Waals surface area contributed by atoms with Crippen molar-refractivity contribution >= 4 is 16.7 Å². The molecule has 0 aliphatic carbocycles. The maximum Gasteiger partial charge on any atom is 0.273 e. The molecular formula is C20H28N4O4. The van der Waals surface area contributed by atoms with Crippen molar-refractivity contribution < 1.29 is 9.53 Å². The van der Waals surface area contributed by atoms with Gasteiger partial charge in [0.05, 0.1) is 23.0 Å². The number of hydrogen-bond acceptors (Lipinski definition) is 5. The van der Waals surface area contributed by atoms with E-state index in [1.807, 2.05) is 13.8 Å². The predicted molar refractivity (Wildman–Crippen MR) is 107 cm³/mol. The molecule has 1 aliphatic rings. The molecule has 28 heavy (non-hydrogen) atoms. The van der Waals surface area contributed by atoms with Crippen LogP contribution in [-0.4, -0.2) is 58.0 Å². The van der Waals surface area contributed by atoms with Crippen LogP contribution in [-0.2, 0) is 16.1 Å². The lowest BCUT2D eigenvalue weighted by atomic mass is 10.00. The smallest absolute Gasteiger partial charge is 0.273 e. The SMILES string of the molecule is CC1CN(C(C)(C)CNC(=O)Cn2[nH]c(=O)c3ccccc3c2=O)CC(C)O1. The molecule has 1 aromatic carbocycles. The number of morpholine rings is 1. The van der Waals surface area contributed by atoms with Crippen LogP contribution in [0.4, 0.5) is 0 Å². The van der Waals surface area contributed by atoms with Gasteiger partial charge in [-0.25, -0.2) is 4.68 Å². The van der Waals surface area contributed by atoms with E-state index in [1.165, 1.54) is 0 Å². The number of aromatic nitrogens is 2. The number of H-pyrrole nitrogens is 1. The van der Waals surface area contributed by atoms with E-state index in [0.717, 1.165) is 17.8 Å². The molecule has 8 heteroatoms.